The Bertz CT molecular complexity index is 725. The van der Waals surface area contributed by atoms with Gasteiger partial charge in [-0.2, -0.15) is 0 Å². The lowest BCUT2D eigenvalue weighted by Gasteiger charge is -2.36. The maximum atomic E-state index is 12.3. The summed E-state index contributed by atoms with van der Waals surface area (Å²) in [5.74, 6) is 0. The second kappa shape index (κ2) is 8.34. The van der Waals surface area contributed by atoms with Crippen molar-refractivity contribution in [2.24, 2.45) is 0 Å². The molecule has 0 radical (unpaired) electrons. The molecule has 3 rings (SSSR count). The van der Waals surface area contributed by atoms with Crippen molar-refractivity contribution in [3.63, 3.8) is 0 Å². The molecular weight excluding hydrogens is 326 g/mol. The van der Waals surface area contributed by atoms with Gasteiger partial charge in [-0.1, -0.05) is 48.5 Å². The number of nitrogens with zero attached hydrogens (tertiary/aromatic N) is 1. The molecule has 138 valence electrons. The lowest BCUT2D eigenvalue weighted by atomic mass is 9.92. The van der Waals surface area contributed by atoms with Gasteiger partial charge in [-0.05, 0) is 43.5 Å². The Morgan fingerprint density at radius 2 is 1.73 bits per heavy atom. The average Bonchev–Trinajstić information content (AvgIpc) is 2.65. The number of benzene rings is 2. The fraction of sp³-hybridized carbons (Fsp3) is 0.381. The Morgan fingerprint density at radius 1 is 1.08 bits per heavy atom. The van der Waals surface area contributed by atoms with Gasteiger partial charge in [0.15, 0.2) is 0 Å². The highest BCUT2D eigenvalue weighted by Gasteiger charge is 2.31. The minimum absolute atomic E-state index is 0.271. The van der Waals surface area contributed by atoms with E-state index in [4.69, 9.17) is 0 Å². The highest BCUT2D eigenvalue weighted by molar-refractivity contribution is 5.90. The highest BCUT2D eigenvalue weighted by atomic mass is 16.3. The molecule has 26 heavy (non-hydrogen) atoms. The van der Waals surface area contributed by atoms with Crippen LogP contribution in [0.4, 0.5) is 10.5 Å². The van der Waals surface area contributed by atoms with Crippen molar-refractivity contribution in [1.82, 2.24) is 10.2 Å². The topological polar surface area (TPSA) is 64.6 Å². The van der Waals surface area contributed by atoms with Crippen LogP contribution in [0.15, 0.2) is 54.6 Å². The van der Waals surface area contributed by atoms with E-state index in [1.807, 2.05) is 49.5 Å². The Balaban J connectivity index is 1.57. The van der Waals surface area contributed by atoms with Crippen LogP contribution < -0.4 is 10.6 Å². The normalized spacial score (nSPS) is 16.8. The van der Waals surface area contributed by atoms with Gasteiger partial charge in [-0.3, -0.25) is 0 Å². The van der Waals surface area contributed by atoms with Gasteiger partial charge in [0, 0.05) is 25.3 Å². The van der Waals surface area contributed by atoms with Gasteiger partial charge in [0.2, 0.25) is 0 Å². The molecular formula is C21H27N3O2. The first-order valence-corrected chi connectivity index (χ1v) is 9.12. The summed E-state index contributed by atoms with van der Waals surface area (Å²) in [6.07, 6.45) is 2.11. The second-order valence-corrected chi connectivity index (χ2v) is 7.15. The number of carbonyl (C=O) groups is 1. The zero-order valence-electron chi connectivity index (χ0n) is 15.2. The Hall–Kier alpha value is -2.37. The summed E-state index contributed by atoms with van der Waals surface area (Å²) in [4.78, 5) is 14.5. The predicted molar refractivity (Wildman–Crippen MR) is 104 cm³/mol. The van der Waals surface area contributed by atoms with Crippen molar-refractivity contribution in [2.45, 2.75) is 24.9 Å². The molecule has 0 unspecified atom stereocenters. The molecule has 5 nitrogen and oxygen atoms in total. The van der Waals surface area contributed by atoms with E-state index in [1.165, 1.54) is 5.56 Å². The number of carbonyl (C=O) groups excluding carboxylic acids is 1. The van der Waals surface area contributed by atoms with Gasteiger partial charge in [0.25, 0.3) is 0 Å². The van der Waals surface area contributed by atoms with Crippen molar-refractivity contribution < 1.29 is 9.90 Å². The lowest BCUT2D eigenvalue weighted by molar-refractivity contribution is -0.0120. The molecule has 0 spiro atoms. The number of aliphatic hydroxyl groups is 1. The minimum atomic E-state index is -0.812. The summed E-state index contributed by atoms with van der Waals surface area (Å²) in [5, 5.41) is 16.3. The third-order valence-corrected chi connectivity index (χ3v) is 5.00. The molecule has 0 saturated carbocycles. The third-order valence-electron chi connectivity index (χ3n) is 5.00. The second-order valence-electron chi connectivity index (χ2n) is 7.15. The Kier molecular flexibility index (Phi) is 5.91. The third kappa shape index (κ3) is 5.07. The van der Waals surface area contributed by atoms with Crippen LogP contribution in [0.2, 0.25) is 0 Å². The number of rotatable bonds is 5. The molecule has 1 aliphatic rings. The van der Waals surface area contributed by atoms with Crippen LogP contribution in [0.5, 0.6) is 0 Å². The molecule has 1 saturated heterocycles. The van der Waals surface area contributed by atoms with E-state index in [-0.39, 0.29) is 12.6 Å². The van der Waals surface area contributed by atoms with Crippen LogP contribution in [-0.2, 0) is 6.42 Å². The van der Waals surface area contributed by atoms with Crippen LogP contribution in [0.1, 0.15) is 24.0 Å². The largest absolute Gasteiger partial charge is 0.388 e. The van der Waals surface area contributed by atoms with Crippen molar-refractivity contribution in [1.29, 1.82) is 0 Å². The molecule has 3 N–H and O–H groups in total. The number of para-hydroxylation sites is 1. The molecule has 2 amide bonds. The molecule has 2 aromatic carbocycles. The summed E-state index contributed by atoms with van der Waals surface area (Å²) in [7, 11) is 2.05. The number of nitrogens with one attached hydrogen (secondary N) is 2. The lowest BCUT2D eigenvalue weighted by Crippen LogP contribution is -2.50. The van der Waals surface area contributed by atoms with Crippen LogP contribution in [0, 0.1) is 0 Å². The molecule has 0 bridgehead atoms. The zero-order chi connectivity index (χ0) is 18.4. The van der Waals surface area contributed by atoms with Crippen molar-refractivity contribution >= 4 is 11.7 Å². The Labute approximate surface area is 155 Å². The van der Waals surface area contributed by atoms with Crippen molar-refractivity contribution in [3.05, 3.63) is 65.7 Å². The fourth-order valence-corrected chi connectivity index (χ4v) is 3.24. The number of anilines is 1. The van der Waals surface area contributed by atoms with Crippen LogP contribution in [0.3, 0.4) is 0 Å². The number of piperidine rings is 1. The summed E-state index contributed by atoms with van der Waals surface area (Å²) in [5.41, 5.74) is 2.24. The monoisotopic (exact) mass is 353 g/mol. The number of amides is 2. The maximum Gasteiger partial charge on any atom is 0.319 e. The molecule has 0 atom stereocenters. The van der Waals surface area contributed by atoms with Crippen LogP contribution in [-0.4, -0.2) is 48.3 Å². The first-order valence-electron chi connectivity index (χ1n) is 9.12. The summed E-state index contributed by atoms with van der Waals surface area (Å²) < 4.78 is 0. The summed E-state index contributed by atoms with van der Waals surface area (Å²) in [6, 6.07) is 17.7. The Morgan fingerprint density at radius 3 is 2.46 bits per heavy atom. The van der Waals surface area contributed by atoms with Crippen LogP contribution >= 0.6 is 0 Å². The molecule has 1 aliphatic heterocycles. The van der Waals surface area contributed by atoms with Gasteiger partial charge >= 0.3 is 6.03 Å². The summed E-state index contributed by atoms with van der Waals surface area (Å²) in [6.45, 7) is 1.97. The molecule has 5 heteroatoms. The van der Waals surface area contributed by atoms with Crippen molar-refractivity contribution in [2.75, 3.05) is 32.0 Å². The first-order chi connectivity index (χ1) is 12.5. The first kappa shape index (κ1) is 18.4. The number of hydrogen-bond acceptors (Lipinski definition) is 3. The quantitative estimate of drug-likeness (QED) is 0.774. The van der Waals surface area contributed by atoms with E-state index in [1.54, 1.807) is 0 Å². The van der Waals surface area contributed by atoms with E-state index < -0.39 is 5.60 Å². The van der Waals surface area contributed by atoms with E-state index in [0.29, 0.717) is 12.8 Å². The number of urea groups is 1. The average molecular weight is 353 g/mol. The smallest absolute Gasteiger partial charge is 0.319 e. The van der Waals surface area contributed by atoms with E-state index >= 15 is 0 Å². The molecule has 1 heterocycles. The van der Waals surface area contributed by atoms with Crippen molar-refractivity contribution in [3.8, 4) is 0 Å². The predicted octanol–water partition coefficient (Wildman–Crippen LogP) is 2.86. The van der Waals surface area contributed by atoms with Gasteiger partial charge in [0.05, 0.1) is 5.60 Å². The van der Waals surface area contributed by atoms with Gasteiger partial charge in [-0.15, -0.1) is 0 Å². The summed E-state index contributed by atoms with van der Waals surface area (Å²) >= 11 is 0. The molecule has 0 aromatic heterocycles. The number of hydrogen-bond donors (Lipinski definition) is 3. The van der Waals surface area contributed by atoms with Crippen LogP contribution in [0.25, 0.3) is 0 Å². The van der Waals surface area contributed by atoms with E-state index in [9.17, 15) is 9.90 Å². The van der Waals surface area contributed by atoms with E-state index in [0.717, 1.165) is 30.8 Å². The van der Waals surface area contributed by atoms with Gasteiger partial charge in [-0.25, -0.2) is 4.79 Å². The number of likely N-dealkylation sites (tertiary alicyclic amines) is 1. The maximum absolute atomic E-state index is 12.3. The van der Waals surface area contributed by atoms with E-state index in [2.05, 4.69) is 27.7 Å². The molecule has 2 aromatic rings. The SMILES string of the molecule is CN1CCC(O)(CNC(=O)Nc2ccccc2Cc2ccccc2)CC1. The minimum Gasteiger partial charge on any atom is -0.388 e. The molecule has 1 fully saturated rings. The van der Waals surface area contributed by atoms with Gasteiger partial charge in [0.1, 0.15) is 0 Å². The molecule has 0 aliphatic carbocycles. The van der Waals surface area contributed by atoms with Gasteiger partial charge < -0.3 is 20.6 Å². The zero-order valence-corrected chi connectivity index (χ0v) is 15.2. The highest BCUT2D eigenvalue weighted by Crippen LogP contribution is 2.21. The fourth-order valence-electron chi connectivity index (χ4n) is 3.24. The standard InChI is InChI=1S/C21H27N3O2/c1-24-13-11-21(26,12-14-24)16-22-20(25)23-19-10-6-5-9-18(19)15-17-7-3-2-4-8-17/h2-10,26H,11-16H2,1H3,(H2,22,23,25).